The lowest BCUT2D eigenvalue weighted by atomic mass is 10.1. The lowest BCUT2D eigenvalue weighted by molar-refractivity contribution is 0.0938. The van der Waals surface area contributed by atoms with Crippen molar-refractivity contribution in [2.75, 3.05) is 20.6 Å². The second-order valence-corrected chi connectivity index (χ2v) is 5.60. The van der Waals surface area contributed by atoms with Crippen molar-refractivity contribution in [2.45, 2.75) is 6.04 Å². The second-order valence-electron chi connectivity index (χ2n) is 5.19. The predicted octanol–water partition coefficient (Wildman–Crippen LogP) is 3.51. The van der Waals surface area contributed by atoms with Crippen LogP contribution in [0.4, 0.5) is 4.39 Å². The van der Waals surface area contributed by atoms with Gasteiger partial charge in [0.25, 0.3) is 5.91 Å². The van der Waals surface area contributed by atoms with Gasteiger partial charge in [0.1, 0.15) is 5.82 Å². The van der Waals surface area contributed by atoms with Crippen LogP contribution >= 0.6 is 11.6 Å². The minimum atomic E-state index is -0.529. The number of nitrogens with zero attached hydrogens (tertiary/aromatic N) is 1. The van der Waals surface area contributed by atoms with E-state index >= 15 is 0 Å². The van der Waals surface area contributed by atoms with Crippen LogP contribution in [0.1, 0.15) is 22.0 Å². The van der Waals surface area contributed by atoms with E-state index in [4.69, 9.17) is 11.6 Å². The molecule has 1 amide bonds. The Morgan fingerprint density at radius 1 is 1.18 bits per heavy atom. The van der Waals surface area contributed by atoms with Crippen molar-refractivity contribution in [1.82, 2.24) is 10.2 Å². The maximum Gasteiger partial charge on any atom is 0.254 e. The highest BCUT2D eigenvalue weighted by atomic mass is 35.5. The highest BCUT2D eigenvalue weighted by Crippen LogP contribution is 2.25. The third kappa shape index (κ3) is 3.84. The van der Waals surface area contributed by atoms with E-state index in [-0.39, 0.29) is 11.6 Å². The summed E-state index contributed by atoms with van der Waals surface area (Å²) in [4.78, 5) is 14.1. The Kier molecular flexibility index (Phi) is 5.52. The normalized spacial score (nSPS) is 12.2. The summed E-state index contributed by atoms with van der Waals surface area (Å²) in [6.07, 6.45) is 0. The number of halogens is 2. The molecule has 0 saturated heterocycles. The molecule has 2 aromatic rings. The molecule has 0 aliphatic rings. The molecule has 1 unspecified atom stereocenters. The molecule has 2 rings (SSSR count). The summed E-state index contributed by atoms with van der Waals surface area (Å²) in [6.45, 7) is 0.337. The van der Waals surface area contributed by atoms with Crippen LogP contribution in [0.5, 0.6) is 0 Å². The van der Waals surface area contributed by atoms with Crippen molar-refractivity contribution >= 4 is 17.5 Å². The molecule has 3 nitrogen and oxygen atoms in total. The highest BCUT2D eigenvalue weighted by Gasteiger charge is 2.19. The second kappa shape index (κ2) is 7.38. The Balaban J connectivity index is 2.12. The molecule has 0 spiro atoms. The lowest BCUT2D eigenvalue weighted by Crippen LogP contribution is -2.35. The number of hydrogen-bond acceptors (Lipinski definition) is 2. The van der Waals surface area contributed by atoms with Gasteiger partial charge in [-0.3, -0.25) is 4.79 Å². The van der Waals surface area contributed by atoms with Crippen LogP contribution in [-0.4, -0.2) is 31.4 Å². The first-order chi connectivity index (χ1) is 10.5. The van der Waals surface area contributed by atoms with Gasteiger partial charge in [-0.25, -0.2) is 4.39 Å². The lowest BCUT2D eigenvalue weighted by Gasteiger charge is -2.26. The summed E-state index contributed by atoms with van der Waals surface area (Å²) in [5.74, 6) is -0.962. The van der Waals surface area contributed by atoms with Gasteiger partial charge in [0.2, 0.25) is 0 Å². The molecule has 0 saturated carbocycles. The number of nitrogens with one attached hydrogen (secondary N) is 1. The van der Waals surface area contributed by atoms with Crippen LogP contribution in [-0.2, 0) is 0 Å². The SMILES string of the molecule is CN(C)C(CNC(=O)c1ccccc1F)c1ccccc1Cl. The fraction of sp³-hybridized carbons (Fsp3) is 0.235. The average Bonchev–Trinajstić information content (AvgIpc) is 2.49. The molecule has 0 heterocycles. The van der Waals surface area contributed by atoms with Gasteiger partial charge in [-0.1, -0.05) is 41.9 Å². The maximum absolute atomic E-state index is 13.6. The van der Waals surface area contributed by atoms with E-state index in [9.17, 15) is 9.18 Å². The van der Waals surface area contributed by atoms with Crippen molar-refractivity contribution in [1.29, 1.82) is 0 Å². The zero-order valence-electron chi connectivity index (χ0n) is 12.5. The van der Waals surface area contributed by atoms with Gasteiger partial charge in [-0.15, -0.1) is 0 Å². The quantitative estimate of drug-likeness (QED) is 0.914. The molecule has 0 bridgehead atoms. The molecule has 0 aliphatic heterocycles. The van der Waals surface area contributed by atoms with Crippen molar-refractivity contribution in [3.05, 3.63) is 70.5 Å². The average molecular weight is 321 g/mol. The van der Waals surface area contributed by atoms with Gasteiger partial charge in [-0.2, -0.15) is 0 Å². The number of benzene rings is 2. The van der Waals surface area contributed by atoms with Gasteiger partial charge in [0.05, 0.1) is 11.6 Å². The van der Waals surface area contributed by atoms with Crippen molar-refractivity contribution < 1.29 is 9.18 Å². The van der Waals surface area contributed by atoms with Gasteiger partial charge in [-0.05, 0) is 37.9 Å². The van der Waals surface area contributed by atoms with Gasteiger partial charge in [0, 0.05) is 11.6 Å². The van der Waals surface area contributed by atoms with E-state index in [0.717, 1.165) is 5.56 Å². The first-order valence-corrected chi connectivity index (χ1v) is 7.32. The molecule has 22 heavy (non-hydrogen) atoms. The first kappa shape index (κ1) is 16.5. The molecule has 2 aromatic carbocycles. The molecule has 1 N–H and O–H groups in total. The number of rotatable bonds is 5. The number of hydrogen-bond donors (Lipinski definition) is 1. The van der Waals surface area contributed by atoms with Gasteiger partial charge in [0.15, 0.2) is 0 Å². The fourth-order valence-corrected chi connectivity index (χ4v) is 2.51. The Labute approximate surface area is 134 Å². The third-order valence-electron chi connectivity index (χ3n) is 3.46. The minimum Gasteiger partial charge on any atom is -0.350 e. The Bertz CT molecular complexity index is 661. The van der Waals surface area contributed by atoms with Crippen LogP contribution in [0.25, 0.3) is 0 Å². The highest BCUT2D eigenvalue weighted by molar-refractivity contribution is 6.31. The van der Waals surface area contributed by atoms with Crippen molar-refractivity contribution in [3.63, 3.8) is 0 Å². The number of carbonyl (C=O) groups excluding carboxylic acids is 1. The molecule has 0 aromatic heterocycles. The Morgan fingerprint density at radius 3 is 2.45 bits per heavy atom. The molecule has 0 radical (unpaired) electrons. The largest absolute Gasteiger partial charge is 0.350 e. The molecular weight excluding hydrogens is 303 g/mol. The zero-order valence-corrected chi connectivity index (χ0v) is 13.3. The van der Waals surface area contributed by atoms with E-state index in [0.29, 0.717) is 11.6 Å². The summed E-state index contributed by atoms with van der Waals surface area (Å²) in [7, 11) is 3.81. The molecule has 0 aliphatic carbocycles. The van der Waals surface area contributed by atoms with Crippen LogP contribution in [0.2, 0.25) is 5.02 Å². The third-order valence-corrected chi connectivity index (χ3v) is 3.81. The van der Waals surface area contributed by atoms with E-state index < -0.39 is 11.7 Å². The number of amides is 1. The number of carbonyl (C=O) groups is 1. The smallest absolute Gasteiger partial charge is 0.254 e. The standard InChI is InChI=1S/C17H18ClFN2O/c1-21(2)16(12-7-3-5-9-14(12)18)11-20-17(22)13-8-4-6-10-15(13)19/h3-10,16H,11H2,1-2H3,(H,20,22). The van der Waals surface area contributed by atoms with Crippen LogP contribution in [0.15, 0.2) is 48.5 Å². The van der Waals surface area contributed by atoms with E-state index in [1.54, 1.807) is 12.1 Å². The molecular formula is C17H18ClFN2O. The minimum absolute atomic E-state index is 0.0409. The summed E-state index contributed by atoms with van der Waals surface area (Å²) < 4.78 is 13.6. The van der Waals surface area contributed by atoms with Crippen LogP contribution < -0.4 is 5.32 Å². The van der Waals surface area contributed by atoms with Crippen LogP contribution in [0, 0.1) is 5.82 Å². The van der Waals surface area contributed by atoms with Crippen molar-refractivity contribution in [3.8, 4) is 0 Å². The topological polar surface area (TPSA) is 32.3 Å². The van der Waals surface area contributed by atoms with E-state index in [1.165, 1.54) is 12.1 Å². The molecule has 5 heteroatoms. The van der Waals surface area contributed by atoms with Gasteiger partial charge < -0.3 is 10.2 Å². The predicted molar refractivity (Wildman–Crippen MR) is 86.6 cm³/mol. The van der Waals surface area contributed by atoms with E-state index in [2.05, 4.69) is 5.32 Å². The zero-order chi connectivity index (χ0) is 16.1. The summed E-state index contributed by atoms with van der Waals surface area (Å²) in [6, 6.07) is 13.3. The summed E-state index contributed by atoms with van der Waals surface area (Å²) in [5.41, 5.74) is 0.960. The van der Waals surface area contributed by atoms with Crippen molar-refractivity contribution in [2.24, 2.45) is 0 Å². The maximum atomic E-state index is 13.6. The van der Waals surface area contributed by atoms with Gasteiger partial charge >= 0.3 is 0 Å². The summed E-state index contributed by atoms with van der Waals surface area (Å²) in [5, 5.41) is 3.41. The Morgan fingerprint density at radius 2 is 1.82 bits per heavy atom. The Hall–Kier alpha value is -1.91. The summed E-state index contributed by atoms with van der Waals surface area (Å²) >= 11 is 6.22. The molecule has 1 atom stereocenters. The van der Waals surface area contributed by atoms with E-state index in [1.807, 2.05) is 43.3 Å². The molecule has 0 fully saturated rings. The van der Waals surface area contributed by atoms with Crippen LogP contribution in [0.3, 0.4) is 0 Å². The molecule has 116 valence electrons. The monoisotopic (exact) mass is 320 g/mol. The number of likely N-dealkylation sites (N-methyl/N-ethyl adjacent to an activating group) is 1. The first-order valence-electron chi connectivity index (χ1n) is 6.94. The fourth-order valence-electron chi connectivity index (χ4n) is 2.25.